The van der Waals surface area contributed by atoms with E-state index in [1.165, 1.54) is 30.6 Å². The van der Waals surface area contributed by atoms with Gasteiger partial charge in [0.2, 0.25) is 0 Å². The van der Waals surface area contributed by atoms with Crippen molar-refractivity contribution in [1.29, 1.82) is 0 Å². The first-order valence-electron chi connectivity index (χ1n) is 7.94. The summed E-state index contributed by atoms with van der Waals surface area (Å²) in [5.41, 5.74) is 0. The van der Waals surface area contributed by atoms with Crippen LogP contribution in [0.4, 0.5) is 4.79 Å². The molecule has 0 aromatic rings. The molecule has 2 saturated carbocycles. The Morgan fingerprint density at radius 3 is 2.76 bits per heavy atom. The van der Waals surface area contributed by atoms with Gasteiger partial charge in [0.15, 0.2) is 6.04 Å². The fourth-order valence-electron chi connectivity index (χ4n) is 4.34. The maximum absolute atomic E-state index is 12.4. The van der Waals surface area contributed by atoms with Crippen molar-refractivity contribution in [2.45, 2.75) is 44.7 Å². The topological polar surface area (TPSA) is 78.9 Å². The molecule has 2 aliphatic carbocycles. The average molecular weight is 296 g/mol. The number of hydrogen-bond acceptors (Lipinski definition) is 3. The summed E-state index contributed by atoms with van der Waals surface area (Å²) in [6.07, 6.45) is 5.13. The number of nitrogens with zero attached hydrogens (tertiary/aromatic N) is 1. The summed E-state index contributed by atoms with van der Waals surface area (Å²) < 4.78 is 5.17. The predicted molar refractivity (Wildman–Crippen MR) is 75.9 cm³/mol. The van der Waals surface area contributed by atoms with Gasteiger partial charge in [0.05, 0.1) is 13.2 Å². The van der Waals surface area contributed by atoms with Crippen LogP contribution in [0.3, 0.4) is 0 Å². The minimum Gasteiger partial charge on any atom is -0.480 e. The number of morpholine rings is 1. The largest absolute Gasteiger partial charge is 0.480 e. The molecule has 0 spiro atoms. The first kappa shape index (κ1) is 14.6. The van der Waals surface area contributed by atoms with Gasteiger partial charge in [-0.05, 0) is 43.9 Å². The van der Waals surface area contributed by atoms with Crippen molar-refractivity contribution in [3.63, 3.8) is 0 Å². The monoisotopic (exact) mass is 296 g/mol. The molecule has 21 heavy (non-hydrogen) atoms. The molecule has 2 N–H and O–H groups in total. The van der Waals surface area contributed by atoms with Crippen LogP contribution in [0.2, 0.25) is 0 Å². The van der Waals surface area contributed by atoms with E-state index in [2.05, 4.69) is 12.2 Å². The molecule has 3 aliphatic rings. The number of rotatable bonds is 3. The summed E-state index contributed by atoms with van der Waals surface area (Å²) in [6, 6.07) is -1.02. The van der Waals surface area contributed by atoms with Gasteiger partial charge in [-0.2, -0.15) is 0 Å². The molecule has 0 aromatic heterocycles. The number of carboxylic acid groups (broad SMARTS) is 1. The van der Waals surface area contributed by atoms with E-state index in [-0.39, 0.29) is 18.7 Å². The Labute approximate surface area is 124 Å². The van der Waals surface area contributed by atoms with Crippen LogP contribution in [0.25, 0.3) is 0 Å². The highest BCUT2D eigenvalue weighted by Gasteiger charge is 2.43. The van der Waals surface area contributed by atoms with Gasteiger partial charge in [0, 0.05) is 12.6 Å². The zero-order valence-electron chi connectivity index (χ0n) is 12.5. The summed E-state index contributed by atoms with van der Waals surface area (Å²) in [5, 5.41) is 12.2. The molecule has 0 radical (unpaired) electrons. The fourth-order valence-corrected chi connectivity index (χ4v) is 4.34. The van der Waals surface area contributed by atoms with Gasteiger partial charge >= 0.3 is 12.0 Å². The van der Waals surface area contributed by atoms with Crippen molar-refractivity contribution in [2.75, 3.05) is 19.8 Å². The molecule has 118 valence electrons. The van der Waals surface area contributed by atoms with Crippen molar-refractivity contribution in [2.24, 2.45) is 17.8 Å². The van der Waals surface area contributed by atoms with Crippen LogP contribution >= 0.6 is 0 Å². The number of aliphatic carboxylic acids is 1. The maximum atomic E-state index is 12.4. The molecule has 6 heteroatoms. The lowest BCUT2D eigenvalue weighted by Crippen LogP contribution is -2.57. The van der Waals surface area contributed by atoms with E-state index in [4.69, 9.17) is 4.74 Å². The number of ether oxygens (including phenoxy) is 1. The Morgan fingerprint density at radius 2 is 2.14 bits per heavy atom. The first-order valence-corrected chi connectivity index (χ1v) is 7.94. The van der Waals surface area contributed by atoms with Gasteiger partial charge in [-0.1, -0.05) is 6.42 Å². The molecule has 6 nitrogen and oxygen atoms in total. The molecule has 5 atom stereocenters. The third-order valence-corrected chi connectivity index (χ3v) is 5.46. The van der Waals surface area contributed by atoms with Crippen molar-refractivity contribution in [3.8, 4) is 0 Å². The zero-order valence-corrected chi connectivity index (χ0v) is 12.5. The Kier molecular flexibility index (Phi) is 4.06. The minimum atomic E-state index is -1.00. The van der Waals surface area contributed by atoms with Crippen LogP contribution in [0, 0.1) is 17.8 Å². The summed E-state index contributed by atoms with van der Waals surface area (Å²) in [5.74, 6) is 1.13. The Hall–Kier alpha value is -1.30. The van der Waals surface area contributed by atoms with Crippen LogP contribution in [0.5, 0.6) is 0 Å². The van der Waals surface area contributed by atoms with Crippen LogP contribution in [0.1, 0.15) is 32.6 Å². The van der Waals surface area contributed by atoms with Crippen molar-refractivity contribution < 1.29 is 19.4 Å². The van der Waals surface area contributed by atoms with Crippen molar-refractivity contribution in [3.05, 3.63) is 0 Å². The second-order valence-electron chi connectivity index (χ2n) is 6.70. The number of carbonyl (C=O) groups is 2. The molecular weight excluding hydrogens is 272 g/mol. The van der Waals surface area contributed by atoms with Crippen LogP contribution in [0.15, 0.2) is 0 Å². The molecule has 2 amide bonds. The quantitative estimate of drug-likeness (QED) is 0.823. The standard InChI is InChI=1S/C15H24N2O4/c1-9(12-7-10-2-3-11(12)6-10)16-15(20)17-4-5-21-8-13(17)14(18)19/h9-13H,2-8H2,1H3,(H,16,20)(H,18,19). The predicted octanol–water partition coefficient (Wildman–Crippen LogP) is 1.31. The Morgan fingerprint density at radius 1 is 1.33 bits per heavy atom. The number of urea groups is 1. The fraction of sp³-hybridized carbons (Fsp3) is 0.867. The number of carbonyl (C=O) groups excluding carboxylic acids is 1. The van der Waals surface area contributed by atoms with E-state index < -0.39 is 12.0 Å². The van der Waals surface area contributed by atoms with Crippen molar-refractivity contribution in [1.82, 2.24) is 10.2 Å². The Bertz CT molecular complexity index is 428. The van der Waals surface area contributed by atoms with E-state index in [1.807, 2.05) is 0 Å². The highest BCUT2D eigenvalue weighted by atomic mass is 16.5. The molecule has 3 rings (SSSR count). The highest BCUT2D eigenvalue weighted by molar-refractivity contribution is 5.83. The third kappa shape index (κ3) is 2.86. The third-order valence-electron chi connectivity index (χ3n) is 5.46. The van der Waals surface area contributed by atoms with Gasteiger partial charge in [-0.3, -0.25) is 0 Å². The SMILES string of the molecule is CC(NC(=O)N1CCOCC1C(=O)O)C1CC2CCC1C2. The molecular formula is C15H24N2O4. The summed E-state index contributed by atoms with van der Waals surface area (Å²) in [4.78, 5) is 25.0. The molecule has 1 saturated heterocycles. The zero-order chi connectivity index (χ0) is 15.0. The lowest BCUT2D eigenvalue weighted by Gasteiger charge is -2.35. The lowest BCUT2D eigenvalue weighted by atomic mass is 9.84. The van der Waals surface area contributed by atoms with E-state index in [9.17, 15) is 14.7 Å². The van der Waals surface area contributed by atoms with E-state index >= 15 is 0 Å². The summed E-state index contributed by atoms with van der Waals surface area (Å²) in [7, 11) is 0. The van der Waals surface area contributed by atoms with Crippen LogP contribution < -0.4 is 5.32 Å². The van der Waals surface area contributed by atoms with E-state index in [0.717, 1.165) is 11.8 Å². The van der Waals surface area contributed by atoms with E-state index in [0.29, 0.717) is 19.1 Å². The minimum absolute atomic E-state index is 0.0747. The summed E-state index contributed by atoms with van der Waals surface area (Å²) >= 11 is 0. The highest BCUT2D eigenvalue weighted by Crippen LogP contribution is 2.49. The average Bonchev–Trinajstić information content (AvgIpc) is 3.09. The smallest absolute Gasteiger partial charge is 0.328 e. The molecule has 3 fully saturated rings. The normalized spacial score (nSPS) is 36.5. The van der Waals surface area contributed by atoms with Gasteiger partial charge in [0.1, 0.15) is 0 Å². The Balaban J connectivity index is 1.58. The van der Waals surface area contributed by atoms with Crippen molar-refractivity contribution >= 4 is 12.0 Å². The van der Waals surface area contributed by atoms with E-state index in [1.54, 1.807) is 0 Å². The number of amides is 2. The molecule has 5 unspecified atom stereocenters. The number of hydrogen-bond donors (Lipinski definition) is 2. The number of fused-ring (bicyclic) bond motifs is 2. The molecule has 1 aliphatic heterocycles. The first-order chi connectivity index (χ1) is 10.1. The van der Waals surface area contributed by atoms with Crippen LogP contribution in [-0.2, 0) is 9.53 Å². The molecule has 2 bridgehead atoms. The summed E-state index contributed by atoms with van der Waals surface area (Å²) in [6.45, 7) is 2.87. The number of nitrogens with one attached hydrogen (secondary N) is 1. The van der Waals surface area contributed by atoms with Gasteiger partial charge in [0.25, 0.3) is 0 Å². The van der Waals surface area contributed by atoms with Gasteiger partial charge in [-0.25, -0.2) is 9.59 Å². The maximum Gasteiger partial charge on any atom is 0.328 e. The van der Waals surface area contributed by atoms with Gasteiger partial charge < -0.3 is 20.1 Å². The molecule has 0 aromatic carbocycles. The second kappa shape index (κ2) is 5.83. The van der Waals surface area contributed by atoms with Gasteiger partial charge in [-0.15, -0.1) is 0 Å². The number of carboxylic acids is 1. The van der Waals surface area contributed by atoms with Crippen LogP contribution in [-0.4, -0.2) is 53.8 Å². The second-order valence-corrected chi connectivity index (χ2v) is 6.70. The molecule has 1 heterocycles. The lowest BCUT2D eigenvalue weighted by molar-refractivity contribution is -0.147.